The molecule has 1 fully saturated rings. The maximum atomic E-state index is 12.2. The van der Waals surface area contributed by atoms with Gasteiger partial charge < -0.3 is 14.4 Å². The molecule has 0 saturated carbocycles. The molecular formula is C35H67NO3. The lowest BCUT2D eigenvalue weighted by Crippen LogP contribution is -2.26. The molecule has 4 nitrogen and oxygen atoms in total. The predicted octanol–water partition coefficient (Wildman–Crippen LogP) is 10.1. The van der Waals surface area contributed by atoms with E-state index in [2.05, 4.69) is 18.7 Å². The fourth-order valence-corrected chi connectivity index (χ4v) is 6.29. The van der Waals surface area contributed by atoms with E-state index >= 15 is 0 Å². The first-order chi connectivity index (χ1) is 19.2. The third-order valence-electron chi connectivity index (χ3n) is 8.86. The summed E-state index contributed by atoms with van der Waals surface area (Å²) in [5.41, 5.74) is 0. The molecule has 1 atom stereocenters. The quantitative estimate of drug-likeness (QED) is 0.0529. The molecule has 1 unspecified atom stereocenters. The average Bonchev–Trinajstić information content (AvgIpc) is 3.45. The van der Waals surface area contributed by atoms with Crippen LogP contribution in [0.1, 0.15) is 174 Å². The molecule has 1 heterocycles. The van der Waals surface area contributed by atoms with Crippen LogP contribution < -0.4 is 0 Å². The molecule has 0 aromatic rings. The van der Waals surface area contributed by atoms with E-state index in [1.807, 2.05) is 0 Å². The third-order valence-corrected chi connectivity index (χ3v) is 8.86. The Balaban J connectivity index is 2.11. The van der Waals surface area contributed by atoms with Gasteiger partial charge in [-0.3, -0.25) is 4.79 Å². The van der Waals surface area contributed by atoms with Crippen LogP contribution in [-0.2, 0) is 14.3 Å². The second-order valence-electron chi connectivity index (χ2n) is 12.6. The molecule has 230 valence electrons. The highest BCUT2D eigenvalue weighted by Gasteiger charge is 2.17. The Hall–Kier alpha value is -0.900. The van der Waals surface area contributed by atoms with E-state index < -0.39 is 0 Å². The van der Waals surface area contributed by atoms with Crippen LogP contribution in [0.25, 0.3) is 0 Å². The predicted molar refractivity (Wildman–Crippen MR) is 167 cm³/mol. The molecule has 0 amide bonds. The largest absolute Gasteiger partial charge is 0.466 e. The van der Waals surface area contributed by atoms with E-state index in [-0.39, 0.29) is 5.97 Å². The van der Waals surface area contributed by atoms with E-state index in [0.717, 1.165) is 50.2 Å². The van der Waals surface area contributed by atoms with Crippen molar-refractivity contribution < 1.29 is 14.3 Å². The van der Waals surface area contributed by atoms with Gasteiger partial charge in [0.2, 0.25) is 0 Å². The van der Waals surface area contributed by atoms with Crippen molar-refractivity contribution in [1.29, 1.82) is 0 Å². The van der Waals surface area contributed by atoms with Crippen LogP contribution >= 0.6 is 0 Å². The Bertz CT molecular complexity index is 536. The molecule has 0 aromatic carbocycles. The Morgan fingerprint density at radius 2 is 1.18 bits per heavy atom. The van der Waals surface area contributed by atoms with Crippen molar-refractivity contribution in [2.45, 2.75) is 174 Å². The van der Waals surface area contributed by atoms with Crippen molar-refractivity contribution in [3.05, 3.63) is 0 Å². The smallest absolute Gasteiger partial charge is 0.305 e. The fraction of sp³-hybridized carbons (Fsp3) is 0.943. The number of carbonyl (C=O) groups is 2. The highest BCUT2D eigenvalue weighted by molar-refractivity contribution is 5.69. The van der Waals surface area contributed by atoms with Gasteiger partial charge in [0, 0.05) is 19.4 Å². The van der Waals surface area contributed by atoms with Crippen LogP contribution in [0.4, 0.5) is 0 Å². The second-order valence-corrected chi connectivity index (χ2v) is 12.6. The molecule has 0 bridgehead atoms. The van der Waals surface area contributed by atoms with Crippen molar-refractivity contribution in [1.82, 2.24) is 4.90 Å². The van der Waals surface area contributed by atoms with Gasteiger partial charge >= 0.3 is 5.97 Å². The third kappa shape index (κ3) is 22.5. The van der Waals surface area contributed by atoms with Crippen LogP contribution in [0.5, 0.6) is 0 Å². The summed E-state index contributed by atoms with van der Waals surface area (Å²) in [4.78, 5) is 25.4. The topological polar surface area (TPSA) is 46.6 Å². The van der Waals surface area contributed by atoms with Gasteiger partial charge in [0.1, 0.15) is 6.29 Å². The summed E-state index contributed by atoms with van der Waals surface area (Å²) in [6.45, 7) is 9.07. The molecule has 4 heteroatoms. The highest BCUT2D eigenvalue weighted by atomic mass is 16.5. The normalized spacial score (nSPS) is 14.7. The molecule has 1 aliphatic heterocycles. The zero-order valence-electron chi connectivity index (χ0n) is 26.4. The van der Waals surface area contributed by atoms with Gasteiger partial charge in [-0.15, -0.1) is 0 Å². The number of carbonyl (C=O) groups excluding carboxylic acids is 2. The molecule has 0 radical (unpaired) electrons. The summed E-state index contributed by atoms with van der Waals surface area (Å²) in [5.74, 6) is 1.60. The molecule has 0 N–H and O–H groups in total. The number of unbranched alkanes of at least 4 members (excludes halogenated alkanes) is 13. The number of esters is 1. The van der Waals surface area contributed by atoms with E-state index in [0.29, 0.717) is 13.0 Å². The van der Waals surface area contributed by atoms with Crippen molar-refractivity contribution in [3.63, 3.8) is 0 Å². The maximum absolute atomic E-state index is 12.2. The zero-order chi connectivity index (χ0) is 28.2. The van der Waals surface area contributed by atoms with Crippen molar-refractivity contribution >= 4 is 12.3 Å². The monoisotopic (exact) mass is 550 g/mol. The molecule has 1 aliphatic rings. The number of hydrogen-bond donors (Lipinski definition) is 0. The summed E-state index contributed by atoms with van der Waals surface area (Å²) in [6, 6.07) is 0. The summed E-state index contributed by atoms with van der Waals surface area (Å²) >= 11 is 0. The van der Waals surface area contributed by atoms with Crippen molar-refractivity contribution in [2.75, 3.05) is 26.2 Å². The number of ether oxygens (including phenoxy) is 1. The molecule has 0 aliphatic carbocycles. The molecule has 39 heavy (non-hydrogen) atoms. The van der Waals surface area contributed by atoms with E-state index in [9.17, 15) is 9.59 Å². The van der Waals surface area contributed by atoms with Gasteiger partial charge in [-0.05, 0) is 69.9 Å². The van der Waals surface area contributed by atoms with Gasteiger partial charge in [0.25, 0.3) is 0 Å². The minimum Gasteiger partial charge on any atom is -0.466 e. The lowest BCUT2D eigenvalue weighted by atomic mass is 9.92. The number of likely N-dealkylation sites (tertiary alicyclic amines) is 1. The molecular weight excluding hydrogens is 482 g/mol. The van der Waals surface area contributed by atoms with E-state index in [4.69, 9.17) is 4.74 Å². The lowest BCUT2D eigenvalue weighted by Gasteiger charge is -2.23. The highest BCUT2D eigenvalue weighted by Crippen LogP contribution is 2.23. The fourth-order valence-electron chi connectivity index (χ4n) is 6.29. The average molecular weight is 550 g/mol. The van der Waals surface area contributed by atoms with Crippen molar-refractivity contribution in [2.24, 2.45) is 11.8 Å². The van der Waals surface area contributed by atoms with E-state index in [1.165, 1.54) is 142 Å². The van der Waals surface area contributed by atoms with E-state index in [1.54, 1.807) is 0 Å². The Morgan fingerprint density at radius 1 is 0.667 bits per heavy atom. The van der Waals surface area contributed by atoms with Crippen LogP contribution in [-0.4, -0.2) is 43.4 Å². The van der Waals surface area contributed by atoms with Gasteiger partial charge in [-0.2, -0.15) is 0 Å². The second kappa shape index (κ2) is 27.3. The first kappa shape index (κ1) is 36.1. The first-order valence-corrected chi connectivity index (χ1v) is 17.5. The van der Waals surface area contributed by atoms with Crippen LogP contribution in [0.15, 0.2) is 0 Å². The van der Waals surface area contributed by atoms with Crippen molar-refractivity contribution in [3.8, 4) is 0 Å². The summed E-state index contributed by atoms with van der Waals surface area (Å²) in [6.07, 6.45) is 31.6. The summed E-state index contributed by atoms with van der Waals surface area (Å²) < 4.78 is 5.62. The summed E-state index contributed by atoms with van der Waals surface area (Å²) in [5, 5.41) is 0. The minimum absolute atomic E-state index is 0.0210. The summed E-state index contributed by atoms with van der Waals surface area (Å²) in [7, 11) is 0. The standard InChI is InChI=1S/C35H67NO3/c1-3-5-14-22-33(23-15-6-4-2)27-31-39-35(38)26-18-12-9-11-17-25-34(32-36-28-19-20-29-36)24-16-10-7-8-13-21-30-37/h30,33-34H,3-29,31-32H2,1-2H3. The maximum Gasteiger partial charge on any atom is 0.305 e. The molecule has 0 aromatic heterocycles. The molecule has 1 rings (SSSR count). The molecule has 1 saturated heterocycles. The number of nitrogens with zero attached hydrogens (tertiary/aromatic N) is 1. The SMILES string of the molecule is CCCCCC(CCCCC)CCOC(=O)CCCCCCCC(CCCCCCCC=O)CN1CCCC1. The molecule has 0 spiro atoms. The van der Waals surface area contributed by atoms with Gasteiger partial charge in [0.05, 0.1) is 6.61 Å². The zero-order valence-corrected chi connectivity index (χ0v) is 26.4. The minimum atomic E-state index is 0.0210. The lowest BCUT2D eigenvalue weighted by molar-refractivity contribution is -0.144. The number of aldehydes is 1. The van der Waals surface area contributed by atoms with Gasteiger partial charge in [0.15, 0.2) is 0 Å². The van der Waals surface area contributed by atoms with Gasteiger partial charge in [-0.25, -0.2) is 0 Å². The Morgan fingerprint density at radius 3 is 1.77 bits per heavy atom. The van der Waals surface area contributed by atoms with Gasteiger partial charge in [-0.1, -0.05) is 117 Å². The Labute approximate surface area is 243 Å². The van der Waals surface area contributed by atoms with Crippen LogP contribution in [0, 0.1) is 11.8 Å². The van der Waals surface area contributed by atoms with Crippen LogP contribution in [0.3, 0.4) is 0 Å². The van der Waals surface area contributed by atoms with Crippen LogP contribution in [0.2, 0.25) is 0 Å². The first-order valence-electron chi connectivity index (χ1n) is 17.5. The number of rotatable bonds is 29. The Kier molecular flexibility index (Phi) is 25.3. The number of hydrogen-bond acceptors (Lipinski definition) is 4.